The van der Waals surface area contributed by atoms with E-state index in [-0.39, 0.29) is 6.04 Å². The molecule has 152 valence electrons. The van der Waals surface area contributed by atoms with Crippen molar-refractivity contribution in [2.24, 2.45) is 0 Å². The van der Waals surface area contributed by atoms with Crippen LogP contribution in [-0.2, 0) is 6.61 Å². The summed E-state index contributed by atoms with van der Waals surface area (Å²) in [4.78, 5) is 9.07. The topological polar surface area (TPSA) is 56.3 Å². The number of benzene rings is 3. The lowest BCUT2D eigenvalue weighted by molar-refractivity contribution is 0.307. The van der Waals surface area contributed by atoms with Gasteiger partial charge in [-0.1, -0.05) is 48.5 Å². The Labute approximate surface area is 176 Å². The molecule has 0 radical (unpaired) electrons. The third kappa shape index (κ3) is 4.35. The van der Waals surface area contributed by atoms with Crippen LogP contribution in [-0.4, -0.2) is 23.1 Å². The average Bonchev–Trinajstić information content (AvgIpc) is 2.77. The molecule has 4 rings (SSSR count). The molecule has 0 saturated carbocycles. The van der Waals surface area contributed by atoms with Crippen molar-refractivity contribution >= 4 is 16.9 Å². The number of nitrogens with zero attached hydrogens (tertiary/aromatic N) is 2. The highest BCUT2D eigenvalue weighted by Gasteiger charge is 2.14. The molecule has 5 heteroatoms. The summed E-state index contributed by atoms with van der Waals surface area (Å²) in [7, 11) is 1.67. The van der Waals surface area contributed by atoms with Crippen LogP contribution in [0, 0.1) is 0 Å². The van der Waals surface area contributed by atoms with Crippen molar-refractivity contribution in [2.75, 3.05) is 12.4 Å². The van der Waals surface area contributed by atoms with Crippen LogP contribution in [0.15, 0.2) is 72.9 Å². The number of hydrogen-bond donors (Lipinski definition) is 1. The second kappa shape index (κ2) is 8.82. The molecule has 0 amide bonds. The third-order valence-electron chi connectivity index (χ3n) is 4.73. The van der Waals surface area contributed by atoms with Crippen LogP contribution in [0.25, 0.3) is 22.0 Å². The van der Waals surface area contributed by atoms with Crippen LogP contribution in [0.3, 0.4) is 0 Å². The van der Waals surface area contributed by atoms with Crippen LogP contribution in [0.5, 0.6) is 11.5 Å². The van der Waals surface area contributed by atoms with Gasteiger partial charge in [-0.25, -0.2) is 9.97 Å². The fraction of sp³-hybridized carbons (Fsp3) is 0.200. The lowest BCUT2D eigenvalue weighted by Crippen LogP contribution is -2.12. The Hall–Kier alpha value is -3.60. The zero-order chi connectivity index (χ0) is 20.9. The molecule has 0 unspecified atom stereocenters. The molecule has 1 aromatic heterocycles. The maximum atomic E-state index is 6.16. The van der Waals surface area contributed by atoms with Gasteiger partial charge in [-0.2, -0.15) is 0 Å². The molecule has 0 saturated heterocycles. The lowest BCUT2D eigenvalue weighted by atomic mass is 10.0. The van der Waals surface area contributed by atoms with Crippen molar-refractivity contribution in [2.45, 2.75) is 26.5 Å². The smallest absolute Gasteiger partial charge is 0.223 e. The van der Waals surface area contributed by atoms with Crippen molar-refractivity contribution in [3.8, 4) is 22.6 Å². The van der Waals surface area contributed by atoms with Crippen molar-refractivity contribution in [3.63, 3.8) is 0 Å². The molecule has 1 N–H and O–H groups in total. The highest BCUT2D eigenvalue weighted by atomic mass is 16.5. The summed E-state index contributed by atoms with van der Waals surface area (Å²) in [5, 5.41) is 4.18. The highest BCUT2D eigenvalue weighted by molar-refractivity contribution is 5.89. The Bertz CT molecular complexity index is 1140. The van der Waals surface area contributed by atoms with Gasteiger partial charge in [0.1, 0.15) is 18.1 Å². The summed E-state index contributed by atoms with van der Waals surface area (Å²) in [6.45, 7) is 4.62. The van der Waals surface area contributed by atoms with Crippen LogP contribution < -0.4 is 14.8 Å². The number of rotatable bonds is 7. The Morgan fingerprint density at radius 1 is 0.900 bits per heavy atom. The molecule has 0 aliphatic heterocycles. The van der Waals surface area contributed by atoms with Gasteiger partial charge in [-0.15, -0.1) is 0 Å². The van der Waals surface area contributed by atoms with Crippen molar-refractivity contribution in [3.05, 3.63) is 78.5 Å². The average molecular weight is 399 g/mol. The minimum absolute atomic E-state index is 0.261. The summed E-state index contributed by atoms with van der Waals surface area (Å²) in [5.74, 6) is 2.16. The highest BCUT2D eigenvalue weighted by Crippen LogP contribution is 2.39. The number of anilines is 1. The minimum Gasteiger partial charge on any atom is -0.496 e. The molecule has 0 fully saturated rings. The van der Waals surface area contributed by atoms with Gasteiger partial charge >= 0.3 is 0 Å². The number of nitrogens with one attached hydrogen (secondary N) is 1. The number of para-hydroxylation sites is 1. The van der Waals surface area contributed by atoms with E-state index in [2.05, 4.69) is 47.3 Å². The van der Waals surface area contributed by atoms with E-state index >= 15 is 0 Å². The van der Waals surface area contributed by atoms with Gasteiger partial charge in [0, 0.05) is 34.8 Å². The van der Waals surface area contributed by atoms with Crippen molar-refractivity contribution < 1.29 is 9.47 Å². The van der Waals surface area contributed by atoms with Gasteiger partial charge in [-0.3, -0.25) is 0 Å². The normalized spacial score (nSPS) is 10.9. The molecular weight excluding hydrogens is 374 g/mol. The molecule has 0 aliphatic rings. The predicted molar refractivity (Wildman–Crippen MR) is 121 cm³/mol. The van der Waals surface area contributed by atoms with Crippen LogP contribution in [0.2, 0.25) is 0 Å². The van der Waals surface area contributed by atoms with Crippen LogP contribution >= 0.6 is 0 Å². The Morgan fingerprint density at radius 3 is 2.43 bits per heavy atom. The monoisotopic (exact) mass is 399 g/mol. The summed E-state index contributed by atoms with van der Waals surface area (Å²) in [6, 6.07) is 22.4. The first-order chi connectivity index (χ1) is 14.6. The van der Waals surface area contributed by atoms with E-state index in [0.717, 1.165) is 39.1 Å². The van der Waals surface area contributed by atoms with E-state index in [4.69, 9.17) is 9.47 Å². The van der Waals surface area contributed by atoms with E-state index in [1.54, 1.807) is 7.11 Å². The number of aromatic nitrogens is 2. The first kappa shape index (κ1) is 19.7. The predicted octanol–water partition coefficient (Wildman–Crippen LogP) is 5.70. The standard InChI is InChI=1S/C25H25N3O2/c1-17(2)27-25-26-15-19-13-21(24(29-3)14-22(19)28-25)20-11-7-8-12-23(20)30-16-18-9-5-4-6-10-18/h4-15,17H,16H2,1-3H3,(H,26,27,28). The van der Waals surface area contributed by atoms with Crippen LogP contribution in [0.4, 0.5) is 5.95 Å². The second-order valence-electron chi connectivity index (χ2n) is 7.37. The summed E-state index contributed by atoms with van der Waals surface area (Å²) in [6.07, 6.45) is 1.84. The quantitative estimate of drug-likeness (QED) is 0.432. The number of hydrogen-bond acceptors (Lipinski definition) is 5. The van der Waals surface area contributed by atoms with Gasteiger partial charge in [0.15, 0.2) is 0 Å². The minimum atomic E-state index is 0.261. The molecule has 0 bridgehead atoms. The first-order valence-corrected chi connectivity index (χ1v) is 10.0. The SMILES string of the molecule is COc1cc2nc(NC(C)C)ncc2cc1-c1ccccc1OCc1ccccc1. The molecule has 3 aromatic carbocycles. The lowest BCUT2D eigenvalue weighted by Gasteiger charge is -2.15. The Kier molecular flexibility index (Phi) is 5.80. The summed E-state index contributed by atoms with van der Waals surface area (Å²) in [5.41, 5.74) is 3.87. The molecule has 5 nitrogen and oxygen atoms in total. The van der Waals surface area contributed by atoms with Crippen LogP contribution in [0.1, 0.15) is 19.4 Å². The van der Waals surface area contributed by atoms with Gasteiger partial charge < -0.3 is 14.8 Å². The van der Waals surface area contributed by atoms with Crippen molar-refractivity contribution in [1.82, 2.24) is 9.97 Å². The molecule has 1 heterocycles. The maximum Gasteiger partial charge on any atom is 0.223 e. The molecule has 4 aromatic rings. The fourth-order valence-electron chi connectivity index (χ4n) is 3.32. The maximum absolute atomic E-state index is 6.16. The Morgan fingerprint density at radius 2 is 1.67 bits per heavy atom. The molecular formula is C25H25N3O2. The summed E-state index contributed by atoms with van der Waals surface area (Å²) >= 11 is 0. The van der Waals surface area contributed by atoms with Gasteiger partial charge in [0.05, 0.1) is 12.6 Å². The zero-order valence-corrected chi connectivity index (χ0v) is 17.4. The summed E-state index contributed by atoms with van der Waals surface area (Å²) < 4.78 is 11.9. The zero-order valence-electron chi connectivity index (χ0n) is 17.4. The Balaban J connectivity index is 1.71. The van der Waals surface area contributed by atoms with E-state index in [1.165, 1.54) is 0 Å². The molecule has 30 heavy (non-hydrogen) atoms. The van der Waals surface area contributed by atoms with E-state index in [1.807, 2.05) is 54.7 Å². The number of methoxy groups -OCH3 is 1. The first-order valence-electron chi connectivity index (χ1n) is 10.0. The van der Waals surface area contributed by atoms with Gasteiger partial charge in [0.2, 0.25) is 5.95 Å². The van der Waals surface area contributed by atoms with E-state index in [0.29, 0.717) is 12.6 Å². The third-order valence-corrected chi connectivity index (χ3v) is 4.73. The fourth-order valence-corrected chi connectivity index (χ4v) is 3.32. The molecule has 0 spiro atoms. The van der Waals surface area contributed by atoms with E-state index < -0.39 is 0 Å². The van der Waals surface area contributed by atoms with Crippen molar-refractivity contribution in [1.29, 1.82) is 0 Å². The number of ether oxygens (including phenoxy) is 2. The molecule has 0 aliphatic carbocycles. The molecule has 0 atom stereocenters. The van der Waals surface area contributed by atoms with Gasteiger partial charge in [-0.05, 0) is 31.5 Å². The van der Waals surface area contributed by atoms with E-state index in [9.17, 15) is 0 Å². The second-order valence-corrected chi connectivity index (χ2v) is 7.37. The largest absolute Gasteiger partial charge is 0.496 e. The number of fused-ring (bicyclic) bond motifs is 1. The van der Waals surface area contributed by atoms with Gasteiger partial charge in [0.25, 0.3) is 0 Å².